The van der Waals surface area contributed by atoms with Crippen molar-refractivity contribution in [2.24, 2.45) is 5.92 Å². The number of carbonyl (C=O) groups excluding carboxylic acids is 1. The fourth-order valence-corrected chi connectivity index (χ4v) is 5.65. The Morgan fingerprint density at radius 1 is 1.14 bits per heavy atom. The molecule has 4 rings (SSSR count). The lowest BCUT2D eigenvalue weighted by molar-refractivity contribution is 0.0991. The van der Waals surface area contributed by atoms with Crippen molar-refractivity contribution >= 4 is 21.7 Å². The van der Waals surface area contributed by atoms with E-state index >= 15 is 0 Å². The summed E-state index contributed by atoms with van der Waals surface area (Å²) in [6, 6.07) is 4.57. The van der Waals surface area contributed by atoms with E-state index in [1.165, 1.54) is 48.5 Å². The van der Waals surface area contributed by atoms with Crippen molar-refractivity contribution in [2.75, 3.05) is 18.4 Å². The highest BCUT2D eigenvalue weighted by Gasteiger charge is 2.29. The molecule has 158 valence electrons. The molecule has 0 bridgehead atoms. The number of hydrogen-bond donors (Lipinski definition) is 2. The average Bonchev–Trinajstić information content (AvgIpc) is 3.40. The van der Waals surface area contributed by atoms with E-state index in [2.05, 4.69) is 15.5 Å². The molecule has 1 aliphatic carbocycles. The quantitative estimate of drug-likeness (QED) is 0.743. The van der Waals surface area contributed by atoms with E-state index in [9.17, 15) is 13.2 Å². The third-order valence-electron chi connectivity index (χ3n) is 5.82. The monoisotopic (exact) mass is 420 g/mol. The number of piperidine rings is 1. The summed E-state index contributed by atoms with van der Waals surface area (Å²) >= 11 is 0. The second-order valence-electron chi connectivity index (χ2n) is 8.02. The summed E-state index contributed by atoms with van der Waals surface area (Å²) in [5.74, 6) is 0.524. The van der Waals surface area contributed by atoms with Crippen LogP contribution in [0.1, 0.15) is 67.6 Å². The number of sulfonamides is 1. The molecule has 1 amide bonds. The lowest BCUT2D eigenvalue weighted by atomic mass is 9.86. The molecule has 2 aromatic heterocycles. The Morgan fingerprint density at radius 2 is 1.86 bits per heavy atom. The number of nitrogens with one attached hydrogen (secondary N) is 2. The Hall–Kier alpha value is -2.13. The highest BCUT2D eigenvalue weighted by Crippen LogP contribution is 2.27. The van der Waals surface area contributed by atoms with Gasteiger partial charge < -0.3 is 9.73 Å². The summed E-state index contributed by atoms with van der Waals surface area (Å²) in [5.41, 5.74) is 1.00. The molecule has 0 aromatic carbocycles. The topological polar surface area (TPSA) is 108 Å². The van der Waals surface area contributed by atoms with Gasteiger partial charge in [-0.3, -0.25) is 9.89 Å². The summed E-state index contributed by atoms with van der Waals surface area (Å²) in [6.45, 7) is 0.975. The molecule has 2 N–H and O–H groups in total. The van der Waals surface area contributed by atoms with Gasteiger partial charge in [0.05, 0.1) is 0 Å². The predicted molar refractivity (Wildman–Crippen MR) is 108 cm³/mol. The molecule has 2 aromatic rings. The number of H-pyrrole nitrogens is 1. The number of rotatable bonds is 6. The van der Waals surface area contributed by atoms with E-state index < -0.39 is 15.9 Å². The first kappa shape index (κ1) is 20.2. The maximum Gasteiger partial charge on any atom is 0.292 e. The lowest BCUT2D eigenvalue weighted by Crippen LogP contribution is -2.35. The van der Waals surface area contributed by atoms with Crippen molar-refractivity contribution < 1.29 is 17.6 Å². The molecule has 9 heteroatoms. The molecule has 2 fully saturated rings. The van der Waals surface area contributed by atoms with Gasteiger partial charge in [0.15, 0.2) is 11.6 Å². The number of hydrogen-bond acceptors (Lipinski definition) is 5. The van der Waals surface area contributed by atoms with Crippen molar-refractivity contribution in [3.63, 3.8) is 0 Å². The molecular weight excluding hydrogens is 392 g/mol. The first-order chi connectivity index (χ1) is 14.0. The SMILES string of the molecule is O=C(Nc1cc(CC2CCCCC2)[nH]n1)c1ccc(S(=O)(=O)N2CCCCC2)o1. The fraction of sp³-hybridized carbons (Fsp3) is 0.600. The molecular formula is C20H28N4O4S. The van der Waals surface area contributed by atoms with Crippen molar-refractivity contribution in [1.82, 2.24) is 14.5 Å². The number of nitrogens with zero attached hydrogens (tertiary/aromatic N) is 2. The zero-order valence-electron chi connectivity index (χ0n) is 16.5. The summed E-state index contributed by atoms with van der Waals surface area (Å²) in [4.78, 5) is 12.5. The Kier molecular flexibility index (Phi) is 6.05. The summed E-state index contributed by atoms with van der Waals surface area (Å²) in [7, 11) is -3.70. The second kappa shape index (κ2) is 8.71. The number of furan rings is 1. The zero-order chi connectivity index (χ0) is 20.3. The largest absolute Gasteiger partial charge is 0.438 e. The van der Waals surface area contributed by atoms with Gasteiger partial charge in [-0.15, -0.1) is 0 Å². The van der Waals surface area contributed by atoms with E-state index in [0.717, 1.165) is 31.4 Å². The van der Waals surface area contributed by atoms with Gasteiger partial charge in [-0.25, -0.2) is 8.42 Å². The van der Waals surface area contributed by atoms with Crippen LogP contribution in [0.15, 0.2) is 27.7 Å². The number of anilines is 1. The van der Waals surface area contributed by atoms with E-state index in [1.807, 2.05) is 6.07 Å². The number of aromatic amines is 1. The normalized spacial score (nSPS) is 19.3. The molecule has 1 aliphatic heterocycles. The maximum atomic E-state index is 12.7. The molecule has 0 radical (unpaired) electrons. The zero-order valence-corrected chi connectivity index (χ0v) is 17.3. The van der Waals surface area contributed by atoms with E-state index in [0.29, 0.717) is 24.8 Å². The third kappa shape index (κ3) is 4.72. The van der Waals surface area contributed by atoms with Gasteiger partial charge in [0.25, 0.3) is 15.9 Å². The van der Waals surface area contributed by atoms with Crippen LogP contribution < -0.4 is 5.32 Å². The van der Waals surface area contributed by atoms with Gasteiger partial charge in [-0.05, 0) is 37.3 Å². The summed E-state index contributed by atoms with van der Waals surface area (Å²) < 4.78 is 32.1. The van der Waals surface area contributed by atoms with Gasteiger partial charge in [0.2, 0.25) is 5.09 Å². The van der Waals surface area contributed by atoms with Crippen LogP contribution in [0, 0.1) is 5.92 Å². The fourth-order valence-electron chi connectivity index (χ4n) is 4.22. The molecule has 0 unspecified atom stereocenters. The minimum Gasteiger partial charge on any atom is -0.438 e. The standard InChI is InChI=1S/C20H28N4O4S/c25-20(21-18-14-16(22-23-18)13-15-7-3-1-4-8-15)17-9-10-19(28-17)29(26,27)24-11-5-2-6-12-24/h9-10,14-15H,1-8,11-13H2,(H2,21,22,23,25). The predicted octanol–water partition coefficient (Wildman–Crippen LogP) is 3.55. The summed E-state index contributed by atoms with van der Waals surface area (Å²) in [6.07, 6.45) is 10.0. The van der Waals surface area contributed by atoms with Crippen LogP contribution in [-0.4, -0.2) is 41.9 Å². The smallest absolute Gasteiger partial charge is 0.292 e. The average molecular weight is 421 g/mol. The van der Waals surface area contributed by atoms with Crippen LogP contribution >= 0.6 is 0 Å². The van der Waals surface area contributed by atoms with Gasteiger partial charge in [0.1, 0.15) is 0 Å². The van der Waals surface area contributed by atoms with Gasteiger partial charge in [-0.2, -0.15) is 9.40 Å². The van der Waals surface area contributed by atoms with E-state index in [-0.39, 0.29) is 10.9 Å². The second-order valence-corrected chi connectivity index (χ2v) is 9.89. The van der Waals surface area contributed by atoms with Crippen LogP contribution in [0.5, 0.6) is 0 Å². The van der Waals surface area contributed by atoms with Crippen LogP contribution in [0.4, 0.5) is 5.82 Å². The molecule has 3 heterocycles. The summed E-state index contributed by atoms with van der Waals surface area (Å²) in [5, 5.41) is 9.62. The lowest BCUT2D eigenvalue weighted by Gasteiger charge is -2.24. The van der Waals surface area contributed by atoms with E-state index in [4.69, 9.17) is 4.42 Å². The van der Waals surface area contributed by atoms with Crippen molar-refractivity contribution in [1.29, 1.82) is 0 Å². The van der Waals surface area contributed by atoms with Gasteiger partial charge >= 0.3 is 0 Å². The molecule has 2 aliphatic rings. The molecule has 1 saturated carbocycles. The van der Waals surface area contributed by atoms with Crippen LogP contribution in [-0.2, 0) is 16.4 Å². The Balaban J connectivity index is 1.38. The van der Waals surface area contributed by atoms with Crippen LogP contribution in [0.2, 0.25) is 0 Å². The van der Waals surface area contributed by atoms with E-state index in [1.54, 1.807) is 0 Å². The van der Waals surface area contributed by atoms with Crippen molar-refractivity contribution in [3.05, 3.63) is 29.7 Å². The minimum atomic E-state index is -3.70. The van der Waals surface area contributed by atoms with Gasteiger partial charge in [-0.1, -0.05) is 38.5 Å². The third-order valence-corrected chi connectivity index (χ3v) is 7.59. The number of aromatic nitrogens is 2. The number of carbonyl (C=O) groups is 1. The van der Waals surface area contributed by atoms with Crippen LogP contribution in [0.3, 0.4) is 0 Å². The van der Waals surface area contributed by atoms with Crippen LogP contribution in [0.25, 0.3) is 0 Å². The Morgan fingerprint density at radius 3 is 2.62 bits per heavy atom. The van der Waals surface area contributed by atoms with Crippen molar-refractivity contribution in [3.8, 4) is 0 Å². The van der Waals surface area contributed by atoms with Gasteiger partial charge in [0, 0.05) is 24.8 Å². The number of amides is 1. The molecule has 0 atom stereocenters. The maximum absolute atomic E-state index is 12.7. The Labute approximate surface area is 171 Å². The molecule has 29 heavy (non-hydrogen) atoms. The first-order valence-electron chi connectivity index (χ1n) is 10.5. The first-order valence-corrected chi connectivity index (χ1v) is 11.9. The minimum absolute atomic E-state index is 0.0441. The Bertz CT molecular complexity index is 937. The van der Waals surface area contributed by atoms with Crippen molar-refractivity contribution in [2.45, 2.75) is 62.9 Å². The molecule has 0 spiro atoms. The highest BCUT2D eigenvalue weighted by atomic mass is 32.2. The molecule has 8 nitrogen and oxygen atoms in total. The highest BCUT2D eigenvalue weighted by molar-refractivity contribution is 7.89. The molecule has 1 saturated heterocycles.